The van der Waals surface area contributed by atoms with E-state index in [1.54, 1.807) is 30.0 Å². The van der Waals surface area contributed by atoms with Crippen LogP contribution in [-0.4, -0.2) is 18.0 Å². The molecule has 0 aliphatic carbocycles. The molecular weight excluding hydrogens is 354 g/mol. The van der Waals surface area contributed by atoms with Crippen molar-refractivity contribution >= 4 is 32.8 Å². The van der Waals surface area contributed by atoms with Gasteiger partial charge in [-0.3, -0.25) is 0 Å². The van der Waals surface area contributed by atoms with Gasteiger partial charge >= 0.3 is 0 Å². The topological polar surface area (TPSA) is 78.0 Å². The summed E-state index contributed by atoms with van der Waals surface area (Å²) in [6, 6.07) is 13.2. The Bertz CT molecular complexity index is 1010. The quantitative estimate of drug-likeness (QED) is 0.667. The van der Waals surface area contributed by atoms with Crippen molar-refractivity contribution in [3.05, 3.63) is 53.6 Å². The van der Waals surface area contributed by atoms with E-state index in [4.69, 9.17) is 5.14 Å². The minimum absolute atomic E-state index is 0.0941. The standard InChI is InChI=1S/C18H21N3O2S2/c1-3-10-21-17-9-8-15(25(19,22)23)11-16(17)20-18(21)24-12-14-7-5-4-6-13(14)2/h4-9,11H,3,10,12H2,1-2H3,(H2,19,22,23). The second kappa shape index (κ2) is 7.19. The second-order valence-electron chi connectivity index (χ2n) is 5.96. The van der Waals surface area contributed by atoms with E-state index in [0.29, 0.717) is 5.52 Å². The smallest absolute Gasteiger partial charge is 0.238 e. The maximum Gasteiger partial charge on any atom is 0.238 e. The lowest BCUT2D eigenvalue weighted by atomic mass is 10.1. The molecule has 5 nitrogen and oxygen atoms in total. The van der Waals surface area contributed by atoms with Gasteiger partial charge < -0.3 is 4.57 Å². The van der Waals surface area contributed by atoms with Crippen molar-refractivity contribution < 1.29 is 8.42 Å². The van der Waals surface area contributed by atoms with Crippen molar-refractivity contribution in [2.24, 2.45) is 5.14 Å². The van der Waals surface area contributed by atoms with E-state index in [1.165, 1.54) is 11.1 Å². The van der Waals surface area contributed by atoms with E-state index in [0.717, 1.165) is 29.4 Å². The number of aromatic nitrogens is 2. The van der Waals surface area contributed by atoms with E-state index >= 15 is 0 Å². The highest BCUT2D eigenvalue weighted by atomic mass is 32.2. The molecule has 0 atom stereocenters. The largest absolute Gasteiger partial charge is 0.319 e. The molecule has 2 N–H and O–H groups in total. The number of fused-ring (bicyclic) bond motifs is 1. The molecule has 0 saturated heterocycles. The van der Waals surface area contributed by atoms with Gasteiger partial charge in [-0.05, 0) is 42.7 Å². The number of nitrogens with two attached hydrogens (primary N) is 1. The van der Waals surface area contributed by atoms with Crippen LogP contribution >= 0.6 is 11.8 Å². The first-order valence-corrected chi connectivity index (χ1v) is 10.6. The van der Waals surface area contributed by atoms with Crippen LogP contribution in [0.3, 0.4) is 0 Å². The molecule has 25 heavy (non-hydrogen) atoms. The molecule has 7 heteroatoms. The van der Waals surface area contributed by atoms with Gasteiger partial charge in [-0.15, -0.1) is 0 Å². The Balaban J connectivity index is 1.98. The molecule has 0 unspecified atom stereocenters. The summed E-state index contributed by atoms with van der Waals surface area (Å²) < 4.78 is 25.3. The fourth-order valence-corrected chi connectivity index (χ4v) is 4.38. The molecule has 0 aliphatic heterocycles. The predicted molar refractivity (Wildman–Crippen MR) is 102 cm³/mol. The van der Waals surface area contributed by atoms with Crippen LogP contribution in [0.2, 0.25) is 0 Å². The van der Waals surface area contributed by atoms with Crippen LogP contribution in [-0.2, 0) is 22.3 Å². The lowest BCUT2D eigenvalue weighted by Crippen LogP contribution is -2.11. The van der Waals surface area contributed by atoms with Gasteiger partial charge in [0, 0.05) is 12.3 Å². The Labute approximate surface area is 152 Å². The van der Waals surface area contributed by atoms with Crippen molar-refractivity contribution in [2.75, 3.05) is 0 Å². The molecule has 2 aromatic carbocycles. The average molecular weight is 376 g/mol. The molecule has 0 aliphatic rings. The van der Waals surface area contributed by atoms with E-state index < -0.39 is 10.0 Å². The minimum atomic E-state index is -3.73. The zero-order valence-corrected chi connectivity index (χ0v) is 15.9. The highest BCUT2D eigenvalue weighted by Crippen LogP contribution is 2.29. The molecule has 0 amide bonds. The third-order valence-corrected chi connectivity index (χ3v) is 6.01. The molecule has 0 saturated carbocycles. The van der Waals surface area contributed by atoms with Crippen LogP contribution in [0.4, 0.5) is 0 Å². The minimum Gasteiger partial charge on any atom is -0.319 e. The van der Waals surface area contributed by atoms with Crippen LogP contribution < -0.4 is 5.14 Å². The Hall–Kier alpha value is -1.83. The number of primary sulfonamides is 1. The summed E-state index contributed by atoms with van der Waals surface area (Å²) in [7, 11) is -3.73. The van der Waals surface area contributed by atoms with Gasteiger partial charge in [-0.25, -0.2) is 18.5 Å². The number of sulfonamides is 1. The van der Waals surface area contributed by atoms with Crippen LogP contribution in [0, 0.1) is 6.92 Å². The number of rotatable bonds is 6. The van der Waals surface area contributed by atoms with Gasteiger partial charge in [0.15, 0.2) is 5.16 Å². The molecular formula is C18H21N3O2S2. The second-order valence-corrected chi connectivity index (χ2v) is 8.46. The molecule has 132 valence electrons. The number of imidazole rings is 1. The van der Waals surface area contributed by atoms with Crippen LogP contribution in [0.15, 0.2) is 52.5 Å². The van der Waals surface area contributed by atoms with Crippen molar-refractivity contribution in [1.82, 2.24) is 9.55 Å². The monoisotopic (exact) mass is 375 g/mol. The Morgan fingerprint density at radius 2 is 1.96 bits per heavy atom. The zero-order chi connectivity index (χ0) is 18.0. The zero-order valence-electron chi connectivity index (χ0n) is 14.3. The fraction of sp³-hybridized carbons (Fsp3) is 0.278. The molecule has 0 fully saturated rings. The van der Waals surface area contributed by atoms with Gasteiger partial charge in [0.25, 0.3) is 0 Å². The summed E-state index contributed by atoms with van der Waals surface area (Å²) in [6.45, 7) is 5.05. The van der Waals surface area contributed by atoms with Gasteiger partial charge in [-0.2, -0.15) is 0 Å². The molecule has 3 rings (SSSR count). The summed E-state index contributed by atoms with van der Waals surface area (Å²) >= 11 is 1.66. The first kappa shape index (κ1) is 18.0. The summed E-state index contributed by atoms with van der Waals surface area (Å²) in [5, 5.41) is 6.13. The van der Waals surface area contributed by atoms with Crippen molar-refractivity contribution in [3.63, 3.8) is 0 Å². The number of hydrogen-bond acceptors (Lipinski definition) is 4. The van der Waals surface area contributed by atoms with E-state index in [9.17, 15) is 8.42 Å². The molecule has 3 aromatic rings. The van der Waals surface area contributed by atoms with Crippen molar-refractivity contribution in [3.8, 4) is 0 Å². The highest BCUT2D eigenvalue weighted by Gasteiger charge is 2.15. The molecule has 1 heterocycles. The molecule has 0 bridgehead atoms. The Morgan fingerprint density at radius 1 is 1.20 bits per heavy atom. The Morgan fingerprint density at radius 3 is 2.64 bits per heavy atom. The lowest BCUT2D eigenvalue weighted by molar-refractivity contribution is 0.598. The number of aryl methyl sites for hydroxylation is 2. The maximum absolute atomic E-state index is 11.6. The third-order valence-electron chi connectivity index (χ3n) is 4.08. The maximum atomic E-state index is 11.6. The summed E-state index contributed by atoms with van der Waals surface area (Å²) in [5.41, 5.74) is 4.12. The van der Waals surface area contributed by atoms with Crippen LogP contribution in [0.5, 0.6) is 0 Å². The molecule has 0 radical (unpaired) electrons. The summed E-state index contributed by atoms with van der Waals surface area (Å²) in [4.78, 5) is 4.75. The summed E-state index contributed by atoms with van der Waals surface area (Å²) in [6.07, 6.45) is 0.973. The van der Waals surface area contributed by atoms with E-state index in [1.807, 2.05) is 12.1 Å². The first-order valence-electron chi connectivity index (χ1n) is 8.10. The first-order chi connectivity index (χ1) is 11.9. The van der Waals surface area contributed by atoms with Gasteiger partial charge in [0.05, 0.1) is 15.9 Å². The Kier molecular flexibility index (Phi) is 5.17. The highest BCUT2D eigenvalue weighted by molar-refractivity contribution is 7.98. The van der Waals surface area contributed by atoms with Gasteiger partial charge in [0.2, 0.25) is 10.0 Å². The number of thioether (sulfide) groups is 1. The van der Waals surface area contributed by atoms with E-state index in [2.05, 4.69) is 35.5 Å². The van der Waals surface area contributed by atoms with Crippen molar-refractivity contribution in [1.29, 1.82) is 0 Å². The van der Waals surface area contributed by atoms with E-state index in [-0.39, 0.29) is 4.90 Å². The SMILES string of the molecule is CCCn1c(SCc2ccccc2C)nc2cc(S(N)(=O)=O)ccc21. The number of benzene rings is 2. The average Bonchev–Trinajstić information content (AvgIpc) is 2.91. The van der Waals surface area contributed by atoms with Gasteiger partial charge in [0.1, 0.15) is 0 Å². The van der Waals surface area contributed by atoms with Gasteiger partial charge in [-0.1, -0.05) is 43.0 Å². The number of nitrogens with zero attached hydrogens (tertiary/aromatic N) is 2. The normalized spacial score (nSPS) is 12.0. The fourth-order valence-electron chi connectivity index (χ4n) is 2.73. The molecule has 1 aromatic heterocycles. The van der Waals surface area contributed by atoms with Crippen LogP contribution in [0.1, 0.15) is 24.5 Å². The summed E-state index contributed by atoms with van der Waals surface area (Å²) in [5.74, 6) is 0.821. The lowest BCUT2D eigenvalue weighted by Gasteiger charge is -2.08. The predicted octanol–water partition coefficient (Wildman–Crippen LogP) is 3.69. The van der Waals surface area contributed by atoms with Crippen LogP contribution in [0.25, 0.3) is 11.0 Å². The number of hydrogen-bond donors (Lipinski definition) is 1. The molecule has 0 spiro atoms. The van der Waals surface area contributed by atoms with Crippen molar-refractivity contribution in [2.45, 2.75) is 42.6 Å². The third kappa shape index (κ3) is 3.89.